The molecule has 0 unspecified atom stereocenters. The van der Waals surface area contributed by atoms with Crippen molar-refractivity contribution in [2.45, 2.75) is 52.0 Å². The molecule has 6 heteroatoms. The van der Waals surface area contributed by atoms with E-state index in [9.17, 15) is 4.79 Å². The topological polar surface area (TPSA) is 58.6 Å². The van der Waals surface area contributed by atoms with Crippen LogP contribution in [0.15, 0.2) is 24.3 Å². The van der Waals surface area contributed by atoms with Crippen LogP contribution in [0.1, 0.15) is 53.9 Å². The first-order valence-electron chi connectivity index (χ1n) is 11.7. The Morgan fingerprint density at radius 3 is 2.71 bits per heavy atom. The monoisotopic (exact) mass is 420 g/mol. The Morgan fingerprint density at radius 1 is 1.13 bits per heavy atom. The molecule has 3 heterocycles. The summed E-state index contributed by atoms with van der Waals surface area (Å²) >= 11 is 0. The van der Waals surface area contributed by atoms with E-state index in [2.05, 4.69) is 41.0 Å². The number of rotatable bonds is 4. The molecule has 6 nitrogen and oxygen atoms in total. The van der Waals surface area contributed by atoms with Crippen LogP contribution in [-0.4, -0.2) is 53.6 Å². The molecule has 0 atom stereocenters. The summed E-state index contributed by atoms with van der Waals surface area (Å²) in [6, 6.07) is 8.57. The standard InChI is InChI=1S/C25H32N4O2/c1-18-5-4-6-19(15-18)16-23-26-22-9-10-29(25(30)20-7-2-3-8-20)17-21(22)24(27-23)28-11-13-31-14-12-28/h4-6,15,20H,2-3,7-14,16-17H2,1H3. The largest absolute Gasteiger partial charge is 0.378 e. The number of aryl methyl sites for hydroxylation is 1. The van der Waals surface area contributed by atoms with E-state index in [1.54, 1.807) is 0 Å². The highest BCUT2D eigenvalue weighted by molar-refractivity contribution is 5.79. The SMILES string of the molecule is Cc1cccc(Cc2nc3c(c(N4CCOCC4)n2)CN(C(=O)C2CCCC2)CC3)c1. The summed E-state index contributed by atoms with van der Waals surface area (Å²) in [6.45, 7) is 6.64. The Labute approximate surface area is 184 Å². The van der Waals surface area contributed by atoms with Gasteiger partial charge in [0.15, 0.2) is 0 Å². The van der Waals surface area contributed by atoms with Crippen molar-refractivity contribution in [1.82, 2.24) is 14.9 Å². The lowest BCUT2D eigenvalue weighted by Gasteiger charge is -2.35. The van der Waals surface area contributed by atoms with Gasteiger partial charge in [-0.1, -0.05) is 42.7 Å². The molecule has 3 aliphatic rings. The number of benzene rings is 1. The lowest BCUT2D eigenvalue weighted by molar-refractivity contribution is -0.136. The Balaban J connectivity index is 1.45. The summed E-state index contributed by atoms with van der Waals surface area (Å²) in [5, 5.41) is 0. The molecule has 1 aromatic heterocycles. The minimum atomic E-state index is 0.217. The van der Waals surface area contributed by atoms with E-state index >= 15 is 0 Å². The van der Waals surface area contributed by atoms with Gasteiger partial charge in [-0.05, 0) is 25.3 Å². The second-order valence-electron chi connectivity index (χ2n) is 9.15. The van der Waals surface area contributed by atoms with Gasteiger partial charge in [-0.25, -0.2) is 9.97 Å². The molecule has 2 fully saturated rings. The highest BCUT2D eigenvalue weighted by Crippen LogP contribution is 2.32. The number of ether oxygens (including phenoxy) is 1. The number of hydrogen-bond donors (Lipinski definition) is 0. The van der Waals surface area contributed by atoms with Crippen LogP contribution in [-0.2, 0) is 28.9 Å². The second-order valence-corrected chi connectivity index (χ2v) is 9.15. The number of carbonyl (C=O) groups is 1. The molecular weight excluding hydrogens is 388 g/mol. The van der Waals surface area contributed by atoms with Crippen LogP contribution < -0.4 is 4.90 Å². The van der Waals surface area contributed by atoms with Crippen LogP contribution >= 0.6 is 0 Å². The van der Waals surface area contributed by atoms with Gasteiger partial charge in [0, 0.05) is 44.0 Å². The molecule has 1 saturated heterocycles. The summed E-state index contributed by atoms with van der Waals surface area (Å²) in [5.41, 5.74) is 4.76. The van der Waals surface area contributed by atoms with Crippen LogP contribution in [0.25, 0.3) is 0 Å². The van der Waals surface area contributed by atoms with Gasteiger partial charge >= 0.3 is 0 Å². The lowest BCUT2D eigenvalue weighted by Crippen LogP contribution is -2.42. The van der Waals surface area contributed by atoms with Gasteiger partial charge in [-0.3, -0.25) is 4.79 Å². The number of carbonyl (C=O) groups excluding carboxylic acids is 1. The van der Waals surface area contributed by atoms with Gasteiger partial charge in [-0.2, -0.15) is 0 Å². The maximum atomic E-state index is 13.1. The van der Waals surface area contributed by atoms with E-state index in [0.29, 0.717) is 12.5 Å². The Kier molecular flexibility index (Phi) is 5.90. The first kappa shape index (κ1) is 20.4. The number of aromatic nitrogens is 2. The third-order valence-electron chi connectivity index (χ3n) is 6.86. The van der Waals surface area contributed by atoms with Crippen molar-refractivity contribution in [1.29, 1.82) is 0 Å². The number of hydrogen-bond acceptors (Lipinski definition) is 5. The molecule has 0 N–H and O–H groups in total. The fourth-order valence-electron chi connectivity index (χ4n) is 5.19. The van der Waals surface area contributed by atoms with Crippen LogP contribution in [0, 0.1) is 12.8 Å². The van der Waals surface area contributed by atoms with Crippen LogP contribution in [0.3, 0.4) is 0 Å². The first-order valence-corrected chi connectivity index (χ1v) is 11.7. The smallest absolute Gasteiger partial charge is 0.225 e. The van der Waals surface area contributed by atoms with E-state index in [4.69, 9.17) is 14.7 Å². The van der Waals surface area contributed by atoms with Gasteiger partial charge in [0.05, 0.1) is 25.5 Å². The number of nitrogens with zero attached hydrogens (tertiary/aromatic N) is 4. The molecular formula is C25H32N4O2. The zero-order valence-corrected chi connectivity index (χ0v) is 18.5. The number of anilines is 1. The summed E-state index contributed by atoms with van der Waals surface area (Å²) in [7, 11) is 0. The fourth-order valence-corrected chi connectivity index (χ4v) is 5.19. The van der Waals surface area contributed by atoms with Crippen molar-refractivity contribution in [2.75, 3.05) is 37.7 Å². The predicted octanol–water partition coefficient (Wildman–Crippen LogP) is 3.29. The van der Waals surface area contributed by atoms with Crippen molar-refractivity contribution in [3.63, 3.8) is 0 Å². The average Bonchev–Trinajstić information content (AvgIpc) is 3.33. The molecule has 0 spiro atoms. The number of morpholine rings is 1. The second kappa shape index (κ2) is 8.95. The molecule has 1 aliphatic carbocycles. The molecule has 2 aliphatic heterocycles. The maximum absolute atomic E-state index is 13.1. The van der Waals surface area contributed by atoms with E-state index in [-0.39, 0.29) is 5.92 Å². The molecule has 1 aromatic carbocycles. The summed E-state index contributed by atoms with van der Waals surface area (Å²) < 4.78 is 5.58. The molecule has 31 heavy (non-hydrogen) atoms. The maximum Gasteiger partial charge on any atom is 0.225 e. The quantitative estimate of drug-likeness (QED) is 0.760. The third kappa shape index (κ3) is 4.45. The van der Waals surface area contributed by atoms with E-state index in [1.807, 2.05) is 0 Å². The van der Waals surface area contributed by atoms with Gasteiger partial charge < -0.3 is 14.5 Å². The Bertz CT molecular complexity index is 949. The van der Waals surface area contributed by atoms with Crippen molar-refractivity contribution in [2.24, 2.45) is 5.92 Å². The van der Waals surface area contributed by atoms with Crippen molar-refractivity contribution >= 4 is 11.7 Å². The van der Waals surface area contributed by atoms with Crippen LogP contribution in [0.2, 0.25) is 0 Å². The summed E-state index contributed by atoms with van der Waals surface area (Å²) in [6.07, 6.45) is 6.01. The predicted molar refractivity (Wildman–Crippen MR) is 120 cm³/mol. The summed E-state index contributed by atoms with van der Waals surface area (Å²) in [4.78, 5) is 27.5. The third-order valence-corrected chi connectivity index (χ3v) is 6.86. The van der Waals surface area contributed by atoms with Crippen LogP contribution in [0.5, 0.6) is 0 Å². The molecule has 0 radical (unpaired) electrons. The van der Waals surface area contributed by atoms with Crippen molar-refractivity contribution < 1.29 is 9.53 Å². The van der Waals surface area contributed by atoms with E-state index in [0.717, 1.165) is 81.4 Å². The fraction of sp³-hybridized carbons (Fsp3) is 0.560. The normalized spacial score (nSPS) is 19.5. The minimum Gasteiger partial charge on any atom is -0.378 e. The van der Waals surface area contributed by atoms with Gasteiger partial charge in [-0.15, -0.1) is 0 Å². The number of amides is 1. The highest BCUT2D eigenvalue weighted by Gasteiger charge is 2.32. The molecule has 0 bridgehead atoms. The van der Waals surface area contributed by atoms with E-state index < -0.39 is 0 Å². The zero-order chi connectivity index (χ0) is 21.2. The Morgan fingerprint density at radius 2 is 1.94 bits per heavy atom. The molecule has 5 rings (SSSR count). The first-order chi connectivity index (χ1) is 15.2. The summed E-state index contributed by atoms with van der Waals surface area (Å²) in [5.74, 6) is 2.44. The van der Waals surface area contributed by atoms with Gasteiger partial charge in [0.25, 0.3) is 0 Å². The zero-order valence-electron chi connectivity index (χ0n) is 18.5. The average molecular weight is 421 g/mol. The van der Waals surface area contributed by atoms with Gasteiger partial charge in [0.1, 0.15) is 11.6 Å². The highest BCUT2D eigenvalue weighted by atomic mass is 16.5. The van der Waals surface area contributed by atoms with Gasteiger partial charge in [0.2, 0.25) is 5.91 Å². The number of fused-ring (bicyclic) bond motifs is 1. The molecule has 1 amide bonds. The minimum absolute atomic E-state index is 0.217. The van der Waals surface area contributed by atoms with Crippen LogP contribution in [0.4, 0.5) is 5.82 Å². The molecule has 2 aromatic rings. The van der Waals surface area contributed by atoms with Crippen molar-refractivity contribution in [3.8, 4) is 0 Å². The molecule has 1 saturated carbocycles. The Hall–Kier alpha value is -2.47. The van der Waals surface area contributed by atoms with Crippen molar-refractivity contribution in [3.05, 3.63) is 52.5 Å². The molecule has 164 valence electrons. The van der Waals surface area contributed by atoms with E-state index in [1.165, 1.54) is 24.0 Å². The lowest BCUT2D eigenvalue weighted by atomic mass is 10.0.